The van der Waals surface area contributed by atoms with E-state index in [1.54, 1.807) is 23.6 Å². The average Bonchev–Trinajstić information content (AvgIpc) is 2.66. The Labute approximate surface area is 98.2 Å². The summed E-state index contributed by atoms with van der Waals surface area (Å²) in [7, 11) is 0. The van der Waals surface area contributed by atoms with Crippen molar-refractivity contribution >= 4 is 11.3 Å². The van der Waals surface area contributed by atoms with Crippen molar-refractivity contribution in [2.75, 3.05) is 0 Å². The van der Waals surface area contributed by atoms with Crippen LogP contribution in [-0.4, -0.2) is 9.97 Å². The molecule has 0 saturated carbocycles. The first-order valence-corrected chi connectivity index (χ1v) is 6.03. The van der Waals surface area contributed by atoms with Crippen LogP contribution < -0.4 is 0 Å². The Kier molecular flexibility index (Phi) is 3.29. The molecule has 0 atom stereocenters. The van der Waals surface area contributed by atoms with Gasteiger partial charge in [0.05, 0.1) is 9.88 Å². The molecule has 0 aliphatic rings. The number of thiazole rings is 1. The molecular formula is C12H13FN2S. The van der Waals surface area contributed by atoms with Gasteiger partial charge in [-0.3, -0.25) is 0 Å². The van der Waals surface area contributed by atoms with Gasteiger partial charge >= 0.3 is 0 Å². The minimum Gasteiger partial charge on any atom is -0.249 e. The van der Waals surface area contributed by atoms with Crippen LogP contribution in [0.3, 0.4) is 0 Å². The minimum absolute atomic E-state index is 0.448. The Balaban J connectivity index is 2.21. The highest BCUT2D eigenvalue weighted by molar-refractivity contribution is 7.15. The number of rotatable bonds is 3. The van der Waals surface area contributed by atoms with Crippen LogP contribution >= 0.6 is 11.3 Å². The lowest BCUT2D eigenvalue weighted by Gasteiger charge is -1.98. The molecule has 0 unspecified atom stereocenters. The van der Waals surface area contributed by atoms with Crippen molar-refractivity contribution in [2.24, 2.45) is 5.92 Å². The molecule has 2 rings (SSSR count). The zero-order valence-electron chi connectivity index (χ0n) is 9.27. The van der Waals surface area contributed by atoms with Crippen LogP contribution in [0.15, 0.2) is 24.5 Å². The zero-order chi connectivity index (χ0) is 11.5. The van der Waals surface area contributed by atoms with Gasteiger partial charge in [-0.15, -0.1) is 11.3 Å². The van der Waals surface area contributed by atoms with Crippen molar-refractivity contribution in [3.8, 4) is 10.4 Å². The molecule has 0 aliphatic heterocycles. The molecule has 0 spiro atoms. The summed E-state index contributed by atoms with van der Waals surface area (Å²) < 4.78 is 12.7. The van der Waals surface area contributed by atoms with Gasteiger partial charge < -0.3 is 0 Å². The summed E-state index contributed by atoms with van der Waals surface area (Å²) in [5.41, 5.74) is 0.925. The predicted molar refractivity (Wildman–Crippen MR) is 63.8 cm³/mol. The van der Waals surface area contributed by atoms with E-state index in [4.69, 9.17) is 0 Å². The van der Waals surface area contributed by atoms with E-state index < -0.39 is 5.95 Å². The van der Waals surface area contributed by atoms with Crippen LogP contribution in [0.4, 0.5) is 4.39 Å². The van der Waals surface area contributed by atoms with Gasteiger partial charge in [-0.25, -0.2) is 9.97 Å². The molecule has 84 valence electrons. The molecule has 0 fully saturated rings. The first-order valence-electron chi connectivity index (χ1n) is 5.22. The molecule has 4 heteroatoms. The van der Waals surface area contributed by atoms with E-state index in [-0.39, 0.29) is 0 Å². The van der Waals surface area contributed by atoms with E-state index in [0.29, 0.717) is 5.92 Å². The molecule has 0 amide bonds. The fourth-order valence-corrected chi connectivity index (χ4v) is 2.53. The largest absolute Gasteiger partial charge is 0.249 e. The summed E-state index contributed by atoms with van der Waals surface area (Å²) in [5.74, 6) is 0.154. The van der Waals surface area contributed by atoms with Gasteiger partial charge in [-0.05, 0) is 18.1 Å². The summed E-state index contributed by atoms with van der Waals surface area (Å²) in [6.07, 6.45) is 4.36. The van der Waals surface area contributed by atoms with Gasteiger partial charge in [0.15, 0.2) is 0 Å². The number of nitrogens with zero attached hydrogens (tertiary/aromatic N) is 2. The Hall–Kier alpha value is -1.29. The van der Waals surface area contributed by atoms with E-state index >= 15 is 0 Å². The standard InChI is InChI=1S/C12H13FN2S/c1-8(2)5-12-15-7-10(16-12)9-3-4-11(13)14-6-9/h3-4,6-8H,5H2,1-2H3. The Bertz CT molecular complexity index is 462. The third-order valence-electron chi connectivity index (χ3n) is 2.15. The zero-order valence-corrected chi connectivity index (χ0v) is 10.1. The maximum atomic E-state index is 12.7. The molecule has 16 heavy (non-hydrogen) atoms. The summed E-state index contributed by atoms with van der Waals surface area (Å²) in [5, 5.41) is 1.12. The Morgan fingerprint density at radius 3 is 2.69 bits per heavy atom. The maximum Gasteiger partial charge on any atom is 0.212 e. The van der Waals surface area contributed by atoms with Crippen LogP contribution in [0.5, 0.6) is 0 Å². The lowest BCUT2D eigenvalue weighted by molar-refractivity contribution is 0.584. The molecule has 0 N–H and O–H groups in total. The second-order valence-corrected chi connectivity index (χ2v) is 5.20. The van der Waals surface area contributed by atoms with Crippen molar-refractivity contribution in [2.45, 2.75) is 20.3 Å². The number of hydrogen-bond donors (Lipinski definition) is 0. The van der Waals surface area contributed by atoms with Gasteiger partial charge in [0, 0.05) is 24.4 Å². The molecular weight excluding hydrogens is 223 g/mol. The molecule has 2 aromatic rings. The second kappa shape index (κ2) is 4.70. The molecule has 2 aromatic heterocycles. The molecule has 0 saturated heterocycles. The quantitative estimate of drug-likeness (QED) is 0.762. The van der Waals surface area contributed by atoms with Crippen LogP contribution in [0.1, 0.15) is 18.9 Å². The van der Waals surface area contributed by atoms with Gasteiger partial charge in [0.1, 0.15) is 0 Å². The van der Waals surface area contributed by atoms with Crippen molar-refractivity contribution in [1.82, 2.24) is 9.97 Å². The van der Waals surface area contributed by atoms with Gasteiger partial charge in [-0.1, -0.05) is 13.8 Å². The van der Waals surface area contributed by atoms with Crippen LogP contribution in [0, 0.1) is 11.9 Å². The van der Waals surface area contributed by atoms with Crippen molar-refractivity contribution < 1.29 is 4.39 Å². The highest BCUT2D eigenvalue weighted by Crippen LogP contribution is 2.26. The highest BCUT2D eigenvalue weighted by Gasteiger charge is 2.06. The molecule has 2 heterocycles. The van der Waals surface area contributed by atoms with E-state index in [1.165, 1.54) is 6.07 Å². The molecule has 0 aromatic carbocycles. The number of hydrogen-bond acceptors (Lipinski definition) is 3. The predicted octanol–water partition coefficient (Wildman–Crippen LogP) is 3.54. The molecule has 2 nitrogen and oxygen atoms in total. The summed E-state index contributed by atoms with van der Waals surface area (Å²) in [6, 6.07) is 3.10. The van der Waals surface area contributed by atoms with Gasteiger partial charge in [0.25, 0.3) is 0 Å². The van der Waals surface area contributed by atoms with E-state index in [9.17, 15) is 4.39 Å². The monoisotopic (exact) mass is 236 g/mol. The highest BCUT2D eigenvalue weighted by atomic mass is 32.1. The van der Waals surface area contributed by atoms with Gasteiger partial charge in [-0.2, -0.15) is 4.39 Å². The topological polar surface area (TPSA) is 25.8 Å². The fourth-order valence-electron chi connectivity index (χ4n) is 1.41. The first kappa shape index (κ1) is 11.2. The summed E-state index contributed by atoms with van der Waals surface area (Å²) >= 11 is 1.65. The number of aromatic nitrogens is 2. The Morgan fingerprint density at radius 2 is 2.06 bits per heavy atom. The number of pyridine rings is 1. The summed E-state index contributed by atoms with van der Waals surface area (Å²) in [4.78, 5) is 9.03. The third kappa shape index (κ3) is 2.64. The second-order valence-electron chi connectivity index (χ2n) is 4.09. The van der Waals surface area contributed by atoms with E-state index in [2.05, 4.69) is 23.8 Å². The minimum atomic E-state index is -0.448. The lowest BCUT2D eigenvalue weighted by atomic mass is 10.1. The first-order chi connectivity index (χ1) is 7.65. The van der Waals surface area contributed by atoms with Crippen molar-refractivity contribution in [3.05, 3.63) is 35.5 Å². The number of halogens is 1. The smallest absolute Gasteiger partial charge is 0.212 e. The molecule has 0 radical (unpaired) electrons. The molecule has 0 bridgehead atoms. The SMILES string of the molecule is CC(C)Cc1ncc(-c2ccc(F)nc2)s1. The van der Waals surface area contributed by atoms with Crippen molar-refractivity contribution in [3.63, 3.8) is 0 Å². The van der Waals surface area contributed by atoms with Gasteiger partial charge in [0.2, 0.25) is 5.95 Å². The van der Waals surface area contributed by atoms with Crippen LogP contribution in [0.25, 0.3) is 10.4 Å². The Morgan fingerprint density at radius 1 is 1.25 bits per heavy atom. The maximum absolute atomic E-state index is 12.7. The third-order valence-corrected chi connectivity index (χ3v) is 3.22. The van der Waals surface area contributed by atoms with Crippen molar-refractivity contribution in [1.29, 1.82) is 0 Å². The van der Waals surface area contributed by atoms with Crippen LogP contribution in [-0.2, 0) is 6.42 Å². The normalized spacial score (nSPS) is 11.0. The summed E-state index contributed by atoms with van der Waals surface area (Å²) in [6.45, 7) is 4.33. The average molecular weight is 236 g/mol. The lowest BCUT2D eigenvalue weighted by Crippen LogP contribution is -1.91. The van der Waals surface area contributed by atoms with Crippen LogP contribution in [0.2, 0.25) is 0 Å². The van der Waals surface area contributed by atoms with E-state index in [1.807, 2.05) is 6.20 Å². The molecule has 0 aliphatic carbocycles. The van der Waals surface area contributed by atoms with E-state index in [0.717, 1.165) is 21.9 Å². The fraction of sp³-hybridized carbons (Fsp3) is 0.333.